The highest BCUT2D eigenvalue weighted by Crippen LogP contribution is 2.26. The van der Waals surface area contributed by atoms with Crippen LogP contribution in [0.15, 0.2) is 77.3 Å². The predicted octanol–water partition coefficient (Wildman–Crippen LogP) is 6.44. The van der Waals surface area contributed by atoms with Crippen molar-refractivity contribution in [1.82, 2.24) is 5.32 Å². The second kappa shape index (κ2) is 11.4. The van der Waals surface area contributed by atoms with E-state index in [1.165, 1.54) is 11.1 Å². The van der Waals surface area contributed by atoms with E-state index in [-0.39, 0.29) is 12.4 Å². The highest BCUT2D eigenvalue weighted by atomic mass is 79.9. The Labute approximate surface area is 180 Å². The summed E-state index contributed by atoms with van der Waals surface area (Å²) < 4.78 is 6.87. The molecule has 3 rings (SSSR count). The fraction of sp³-hybridized carbons (Fsp3) is 0.182. The van der Waals surface area contributed by atoms with E-state index < -0.39 is 0 Å². The predicted molar refractivity (Wildman–Crippen MR) is 119 cm³/mol. The maximum Gasteiger partial charge on any atom is 0.134 e. The monoisotopic (exact) mass is 465 g/mol. The summed E-state index contributed by atoms with van der Waals surface area (Å²) in [5.41, 5.74) is 3.67. The minimum Gasteiger partial charge on any atom is -0.488 e. The molecular formula is C22H22BrCl2NO. The summed E-state index contributed by atoms with van der Waals surface area (Å²) in [6.45, 7) is 2.31. The SMILES string of the molecule is Cl.Clc1ccc(CCNCc2ccc(OCc3ccccc3)c(Br)c2)cc1. The number of nitrogens with one attached hydrogen (secondary N) is 1. The lowest BCUT2D eigenvalue weighted by Gasteiger charge is -2.11. The molecule has 0 saturated heterocycles. The molecule has 2 nitrogen and oxygen atoms in total. The zero-order valence-corrected chi connectivity index (χ0v) is 18.0. The second-order valence-electron chi connectivity index (χ2n) is 6.09. The average Bonchev–Trinajstić information content (AvgIpc) is 2.67. The lowest BCUT2D eigenvalue weighted by atomic mass is 10.1. The molecule has 3 aromatic rings. The maximum atomic E-state index is 5.91. The summed E-state index contributed by atoms with van der Waals surface area (Å²) in [4.78, 5) is 0. The molecule has 0 atom stereocenters. The molecule has 1 N–H and O–H groups in total. The first-order valence-electron chi connectivity index (χ1n) is 8.61. The van der Waals surface area contributed by atoms with Gasteiger partial charge in [0.2, 0.25) is 0 Å². The average molecular weight is 467 g/mol. The molecule has 0 aliphatic rings. The van der Waals surface area contributed by atoms with Gasteiger partial charge < -0.3 is 10.1 Å². The topological polar surface area (TPSA) is 21.3 Å². The molecule has 0 radical (unpaired) electrons. The van der Waals surface area contributed by atoms with Crippen molar-refractivity contribution in [3.63, 3.8) is 0 Å². The van der Waals surface area contributed by atoms with Crippen LogP contribution in [0.25, 0.3) is 0 Å². The van der Waals surface area contributed by atoms with Crippen LogP contribution in [0.1, 0.15) is 16.7 Å². The molecule has 27 heavy (non-hydrogen) atoms. The van der Waals surface area contributed by atoms with E-state index in [9.17, 15) is 0 Å². The zero-order valence-electron chi connectivity index (χ0n) is 14.8. The summed E-state index contributed by atoms with van der Waals surface area (Å²) in [7, 11) is 0. The van der Waals surface area contributed by atoms with Crippen LogP contribution in [0, 0.1) is 0 Å². The molecule has 0 unspecified atom stereocenters. The fourth-order valence-corrected chi connectivity index (χ4v) is 3.29. The minimum absolute atomic E-state index is 0. The van der Waals surface area contributed by atoms with Gasteiger partial charge in [0.05, 0.1) is 4.47 Å². The van der Waals surface area contributed by atoms with Crippen LogP contribution in [0.4, 0.5) is 0 Å². The molecule has 0 saturated carbocycles. The van der Waals surface area contributed by atoms with E-state index in [2.05, 4.69) is 57.6 Å². The maximum absolute atomic E-state index is 5.91. The van der Waals surface area contributed by atoms with E-state index in [0.29, 0.717) is 6.61 Å². The molecule has 5 heteroatoms. The smallest absolute Gasteiger partial charge is 0.134 e. The Kier molecular flexibility index (Phi) is 9.16. The number of hydrogen-bond acceptors (Lipinski definition) is 2. The summed E-state index contributed by atoms with van der Waals surface area (Å²) in [5.74, 6) is 0.860. The fourth-order valence-electron chi connectivity index (χ4n) is 2.62. The first kappa shape index (κ1) is 21.8. The van der Waals surface area contributed by atoms with Gasteiger partial charge in [0.25, 0.3) is 0 Å². The lowest BCUT2D eigenvalue weighted by Crippen LogP contribution is -2.16. The molecule has 0 aliphatic carbocycles. The van der Waals surface area contributed by atoms with E-state index in [1.54, 1.807) is 0 Å². The molecule has 142 valence electrons. The van der Waals surface area contributed by atoms with Gasteiger partial charge in [-0.05, 0) is 69.9 Å². The summed E-state index contributed by atoms with van der Waals surface area (Å²) in [6.07, 6.45) is 0.983. The Morgan fingerprint density at radius 2 is 1.56 bits per heavy atom. The zero-order chi connectivity index (χ0) is 18.2. The molecule has 0 aliphatic heterocycles. The molecule has 0 heterocycles. The third-order valence-corrected chi connectivity index (χ3v) is 4.94. The van der Waals surface area contributed by atoms with Gasteiger partial charge in [0, 0.05) is 11.6 Å². The molecule has 0 aromatic heterocycles. The number of ether oxygens (including phenoxy) is 1. The Hall–Kier alpha value is -1.52. The van der Waals surface area contributed by atoms with E-state index in [1.807, 2.05) is 36.4 Å². The summed E-state index contributed by atoms with van der Waals surface area (Å²) in [6, 6.07) is 24.4. The van der Waals surface area contributed by atoms with Crippen LogP contribution in [0.2, 0.25) is 5.02 Å². The van der Waals surface area contributed by atoms with Gasteiger partial charge in [-0.15, -0.1) is 12.4 Å². The van der Waals surface area contributed by atoms with Gasteiger partial charge in [0.1, 0.15) is 12.4 Å². The number of benzene rings is 3. The molecule has 0 bridgehead atoms. The Balaban J connectivity index is 0.00000261. The van der Waals surface area contributed by atoms with Gasteiger partial charge in [0.15, 0.2) is 0 Å². The van der Waals surface area contributed by atoms with E-state index in [4.69, 9.17) is 16.3 Å². The van der Waals surface area contributed by atoms with Crippen LogP contribution in [0.3, 0.4) is 0 Å². The van der Waals surface area contributed by atoms with Gasteiger partial charge in [-0.25, -0.2) is 0 Å². The van der Waals surface area contributed by atoms with Crippen LogP contribution >= 0.6 is 39.9 Å². The van der Waals surface area contributed by atoms with Crippen molar-refractivity contribution < 1.29 is 4.74 Å². The van der Waals surface area contributed by atoms with Crippen molar-refractivity contribution in [1.29, 1.82) is 0 Å². The normalized spacial score (nSPS) is 10.3. The van der Waals surface area contributed by atoms with Crippen molar-refractivity contribution >= 4 is 39.9 Å². The van der Waals surface area contributed by atoms with Gasteiger partial charge in [-0.3, -0.25) is 0 Å². The summed E-state index contributed by atoms with van der Waals surface area (Å²) >= 11 is 9.52. The molecular weight excluding hydrogens is 445 g/mol. The van der Waals surface area contributed by atoms with Crippen LogP contribution in [-0.2, 0) is 19.6 Å². The molecule has 0 amide bonds. The number of halogens is 3. The van der Waals surface area contributed by atoms with Crippen molar-refractivity contribution in [2.75, 3.05) is 6.54 Å². The largest absolute Gasteiger partial charge is 0.488 e. The van der Waals surface area contributed by atoms with Gasteiger partial charge in [-0.1, -0.05) is 60.1 Å². The third-order valence-electron chi connectivity index (χ3n) is 4.07. The van der Waals surface area contributed by atoms with Gasteiger partial charge in [-0.2, -0.15) is 0 Å². The Morgan fingerprint density at radius 1 is 0.852 bits per heavy atom. The van der Waals surface area contributed by atoms with Crippen LogP contribution < -0.4 is 10.1 Å². The van der Waals surface area contributed by atoms with Crippen LogP contribution in [0.5, 0.6) is 5.75 Å². The third kappa shape index (κ3) is 7.19. The van der Waals surface area contributed by atoms with Crippen molar-refractivity contribution in [2.24, 2.45) is 0 Å². The molecule has 3 aromatic carbocycles. The summed E-state index contributed by atoms with van der Waals surface area (Å²) in [5, 5.41) is 4.25. The van der Waals surface area contributed by atoms with Crippen molar-refractivity contribution in [3.8, 4) is 5.75 Å². The van der Waals surface area contributed by atoms with E-state index >= 15 is 0 Å². The molecule has 0 spiro atoms. The number of rotatable bonds is 8. The standard InChI is InChI=1S/C22H21BrClNO.ClH/c23-21-14-19(15-25-13-12-17-6-9-20(24)10-7-17)8-11-22(21)26-16-18-4-2-1-3-5-18;/h1-11,14,25H,12-13,15-16H2;1H. The van der Waals surface area contributed by atoms with Gasteiger partial charge >= 0.3 is 0 Å². The Bertz CT molecular complexity index is 825. The first-order chi connectivity index (χ1) is 12.7. The highest BCUT2D eigenvalue weighted by Gasteiger charge is 2.04. The lowest BCUT2D eigenvalue weighted by molar-refractivity contribution is 0.304. The highest BCUT2D eigenvalue weighted by molar-refractivity contribution is 9.10. The Morgan fingerprint density at radius 3 is 2.26 bits per heavy atom. The first-order valence-corrected chi connectivity index (χ1v) is 9.78. The second-order valence-corrected chi connectivity index (χ2v) is 7.38. The van der Waals surface area contributed by atoms with Crippen LogP contribution in [-0.4, -0.2) is 6.54 Å². The quantitative estimate of drug-likeness (QED) is 0.386. The number of hydrogen-bond donors (Lipinski definition) is 1. The van der Waals surface area contributed by atoms with Crippen molar-refractivity contribution in [2.45, 2.75) is 19.6 Å². The minimum atomic E-state index is 0. The molecule has 0 fully saturated rings. The van der Waals surface area contributed by atoms with E-state index in [0.717, 1.165) is 40.3 Å². The van der Waals surface area contributed by atoms with Crippen molar-refractivity contribution in [3.05, 3.63) is 99.0 Å².